The minimum Gasteiger partial charge on any atom is -0.370 e. The van der Waals surface area contributed by atoms with Gasteiger partial charge >= 0.3 is 0 Å². The zero-order valence-corrected chi connectivity index (χ0v) is 15.1. The lowest BCUT2D eigenvalue weighted by molar-refractivity contribution is 0.994. The predicted octanol–water partition coefficient (Wildman–Crippen LogP) is 5.15. The van der Waals surface area contributed by atoms with Gasteiger partial charge in [0, 0.05) is 29.0 Å². The van der Waals surface area contributed by atoms with Crippen molar-refractivity contribution < 1.29 is 0 Å². The van der Waals surface area contributed by atoms with Crippen LogP contribution in [-0.2, 0) is 6.42 Å². The first-order chi connectivity index (χ1) is 12.1. The van der Waals surface area contributed by atoms with Gasteiger partial charge in [-0.1, -0.05) is 41.9 Å². The van der Waals surface area contributed by atoms with Crippen molar-refractivity contribution in [2.24, 2.45) is 0 Å². The van der Waals surface area contributed by atoms with Crippen LogP contribution in [0.15, 0.2) is 54.6 Å². The Hall–Kier alpha value is -2.59. The highest BCUT2D eigenvalue weighted by Crippen LogP contribution is 2.22. The average molecular weight is 353 g/mol. The monoisotopic (exact) mass is 352 g/mol. The van der Waals surface area contributed by atoms with Crippen molar-refractivity contribution in [2.45, 2.75) is 20.3 Å². The number of aryl methyl sites for hydroxylation is 2. The van der Waals surface area contributed by atoms with Crippen molar-refractivity contribution in [1.82, 2.24) is 9.97 Å². The molecule has 2 aromatic carbocycles. The van der Waals surface area contributed by atoms with E-state index in [1.54, 1.807) is 0 Å². The number of halogens is 1. The fourth-order valence-corrected chi connectivity index (χ4v) is 2.81. The van der Waals surface area contributed by atoms with Gasteiger partial charge in [0.1, 0.15) is 5.82 Å². The summed E-state index contributed by atoms with van der Waals surface area (Å²) in [5.41, 5.74) is 4.21. The smallest absolute Gasteiger partial charge is 0.229 e. The van der Waals surface area contributed by atoms with Gasteiger partial charge in [0.2, 0.25) is 5.95 Å². The molecule has 0 fully saturated rings. The molecule has 0 spiro atoms. The Morgan fingerprint density at radius 2 is 1.76 bits per heavy atom. The maximum absolute atomic E-state index is 6.01. The third-order valence-corrected chi connectivity index (χ3v) is 4.09. The third-order valence-electron chi connectivity index (χ3n) is 3.85. The molecule has 5 heteroatoms. The number of aromatic nitrogens is 2. The molecule has 3 rings (SSSR count). The summed E-state index contributed by atoms with van der Waals surface area (Å²) in [5.74, 6) is 1.39. The third kappa shape index (κ3) is 4.94. The Kier molecular flexibility index (Phi) is 5.51. The van der Waals surface area contributed by atoms with Crippen LogP contribution in [0.5, 0.6) is 0 Å². The van der Waals surface area contributed by atoms with E-state index in [1.165, 1.54) is 5.56 Å². The minimum atomic E-state index is 0.577. The Morgan fingerprint density at radius 3 is 2.52 bits per heavy atom. The number of benzene rings is 2. The molecule has 0 saturated carbocycles. The van der Waals surface area contributed by atoms with E-state index < -0.39 is 0 Å². The van der Waals surface area contributed by atoms with Crippen LogP contribution >= 0.6 is 11.6 Å². The molecule has 2 N–H and O–H groups in total. The van der Waals surface area contributed by atoms with Gasteiger partial charge in [0.05, 0.1) is 0 Å². The van der Waals surface area contributed by atoms with Crippen LogP contribution in [0.1, 0.15) is 16.8 Å². The van der Waals surface area contributed by atoms with Crippen molar-refractivity contribution >= 4 is 29.1 Å². The second-order valence-corrected chi connectivity index (χ2v) is 6.40. The SMILES string of the molecule is Cc1cc(NCCc2ccccc2)nc(Nc2ccc(Cl)cc2C)n1. The van der Waals surface area contributed by atoms with Crippen LogP contribution in [0, 0.1) is 13.8 Å². The first kappa shape index (κ1) is 17.2. The van der Waals surface area contributed by atoms with E-state index in [0.717, 1.165) is 40.8 Å². The van der Waals surface area contributed by atoms with E-state index in [1.807, 2.05) is 44.2 Å². The fraction of sp³-hybridized carbons (Fsp3) is 0.200. The van der Waals surface area contributed by atoms with Gasteiger partial charge in [0.25, 0.3) is 0 Å². The molecule has 0 aliphatic rings. The number of hydrogen-bond donors (Lipinski definition) is 2. The summed E-state index contributed by atoms with van der Waals surface area (Å²) in [6.07, 6.45) is 0.947. The lowest BCUT2D eigenvalue weighted by Crippen LogP contribution is -2.09. The minimum absolute atomic E-state index is 0.577. The molecule has 1 heterocycles. The highest BCUT2D eigenvalue weighted by Gasteiger charge is 2.05. The van der Waals surface area contributed by atoms with E-state index in [4.69, 9.17) is 11.6 Å². The average Bonchev–Trinajstić information content (AvgIpc) is 2.58. The van der Waals surface area contributed by atoms with Crippen molar-refractivity contribution in [3.8, 4) is 0 Å². The Bertz CT molecular complexity index is 850. The van der Waals surface area contributed by atoms with E-state index in [-0.39, 0.29) is 0 Å². The van der Waals surface area contributed by atoms with Crippen molar-refractivity contribution in [3.63, 3.8) is 0 Å². The lowest BCUT2D eigenvalue weighted by atomic mass is 10.1. The predicted molar refractivity (Wildman–Crippen MR) is 105 cm³/mol. The molecule has 0 unspecified atom stereocenters. The zero-order chi connectivity index (χ0) is 17.6. The van der Waals surface area contributed by atoms with Gasteiger partial charge in [0.15, 0.2) is 0 Å². The molecule has 0 saturated heterocycles. The number of nitrogens with one attached hydrogen (secondary N) is 2. The van der Waals surface area contributed by atoms with Crippen molar-refractivity contribution in [1.29, 1.82) is 0 Å². The number of hydrogen-bond acceptors (Lipinski definition) is 4. The number of anilines is 3. The Balaban J connectivity index is 1.67. The van der Waals surface area contributed by atoms with Crippen LogP contribution in [0.25, 0.3) is 0 Å². The first-order valence-corrected chi connectivity index (χ1v) is 8.64. The summed E-state index contributed by atoms with van der Waals surface area (Å²) in [5, 5.41) is 7.36. The largest absolute Gasteiger partial charge is 0.370 e. The highest BCUT2D eigenvalue weighted by atomic mass is 35.5. The molecule has 128 valence electrons. The van der Waals surface area contributed by atoms with E-state index >= 15 is 0 Å². The Morgan fingerprint density at radius 1 is 0.960 bits per heavy atom. The molecule has 25 heavy (non-hydrogen) atoms. The second kappa shape index (κ2) is 7.99. The zero-order valence-electron chi connectivity index (χ0n) is 14.4. The molecule has 0 aliphatic heterocycles. The van der Waals surface area contributed by atoms with Crippen LogP contribution in [0.4, 0.5) is 17.5 Å². The maximum Gasteiger partial charge on any atom is 0.229 e. The highest BCUT2D eigenvalue weighted by molar-refractivity contribution is 6.30. The summed E-state index contributed by atoms with van der Waals surface area (Å²) >= 11 is 6.01. The van der Waals surface area contributed by atoms with Gasteiger partial charge in [-0.3, -0.25) is 0 Å². The van der Waals surface area contributed by atoms with E-state index in [2.05, 4.69) is 44.9 Å². The standard InChI is InChI=1S/C20H21ClN4/c1-14-12-17(21)8-9-18(14)24-20-23-15(2)13-19(25-20)22-11-10-16-6-4-3-5-7-16/h3-9,12-13H,10-11H2,1-2H3,(H2,22,23,24,25). The fourth-order valence-electron chi connectivity index (χ4n) is 2.58. The topological polar surface area (TPSA) is 49.8 Å². The van der Waals surface area contributed by atoms with Crippen LogP contribution in [-0.4, -0.2) is 16.5 Å². The molecule has 4 nitrogen and oxygen atoms in total. The summed E-state index contributed by atoms with van der Waals surface area (Å²) in [6, 6.07) is 18.1. The molecule has 0 bridgehead atoms. The summed E-state index contributed by atoms with van der Waals surface area (Å²) < 4.78 is 0. The van der Waals surface area contributed by atoms with E-state index in [0.29, 0.717) is 5.95 Å². The second-order valence-electron chi connectivity index (χ2n) is 5.96. The van der Waals surface area contributed by atoms with Gasteiger partial charge in [-0.15, -0.1) is 0 Å². The van der Waals surface area contributed by atoms with Crippen molar-refractivity contribution in [3.05, 3.63) is 76.4 Å². The number of rotatable bonds is 6. The maximum atomic E-state index is 6.01. The molecular formula is C20H21ClN4. The molecule has 3 aromatic rings. The summed E-state index contributed by atoms with van der Waals surface area (Å²) in [7, 11) is 0. The van der Waals surface area contributed by atoms with Crippen molar-refractivity contribution in [2.75, 3.05) is 17.2 Å². The molecule has 0 aliphatic carbocycles. The quantitative estimate of drug-likeness (QED) is 0.644. The molecule has 0 atom stereocenters. The van der Waals surface area contributed by atoms with Gasteiger partial charge in [-0.2, -0.15) is 4.98 Å². The summed E-state index contributed by atoms with van der Waals surface area (Å²) in [6.45, 7) is 4.78. The van der Waals surface area contributed by atoms with Crippen LogP contribution < -0.4 is 10.6 Å². The normalized spacial score (nSPS) is 10.5. The molecule has 1 aromatic heterocycles. The first-order valence-electron chi connectivity index (χ1n) is 8.27. The van der Waals surface area contributed by atoms with Crippen LogP contribution in [0.2, 0.25) is 5.02 Å². The van der Waals surface area contributed by atoms with E-state index in [9.17, 15) is 0 Å². The molecule has 0 radical (unpaired) electrons. The Labute approximate surface area is 153 Å². The lowest BCUT2D eigenvalue weighted by Gasteiger charge is -2.11. The summed E-state index contributed by atoms with van der Waals surface area (Å²) in [4.78, 5) is 9.02. The number of nitrogens with zero attached hydrogens (tertiary/aromatic N) is 2. The van der Waals surface area contributed by atoms with Gasteiger partial charge < -0.3 is 10.6 Å². The van der Waals surface area contributed by atoms with Gasteiger partial charge in [-0.25, -0.2) is 4.98 Å². The van der Waals surface area contributed by atoms with Crippen LogP contribution in [0.3, 0.4) is 0 Å². The molecule has 0 amide bonds. The van der Waals surface area contributed by atoms with Gasteiger partial charge in [-0.05, 0) is 49.6 Å². The molecular weight excluding hydrogens is 332 g/mol.